The molecule has 5 nitrogen and oxygen atoms in total. The number of hydrogen-bond acceptors (Lipinski definition) is 4. The van der Waals surface area contributed by atoms with Gasteiger partial charge in [-0.05, 0) is 39.7 Å². The summed E-state index contributed by atoms with van der Waals surface area (Å²) in [6.45, 7) is 7.30. The molecule has 108 valence electrons. The molecule has 0 spiro atoms. The van der Waals surface area contributed by atoms with Gasteiger partial charge in [0, 0.05) is 18.6 Å². The Labute approximate surface area is 116 Å². The van der Waals surface area contributed by atoms with Gasteiger partial charge in [-0.3, -0.25) is 0 Å². The van der Waals surface area contributed by atoms with Crippen molar-refractivity contribution in [1.82, 2.24) is 25.4 Å². The van der Waals surface area contributed by atoms with E-state index in [9.17, 15) is 0 Å². The van der Waals surface area contributed by atoms with Crippen LogP contribution in [-0.2, 0) is 13.1 Å². The van der Waals surface area contributed by atoms with Gasteiger partial charge in [-0.15, -0.1) is 10.2 Å². The molecule has 0 amide bonds. The summed E-state index contributed by atoms with van der Waals surface area (Å²) in [5.74, 6) is 1.03. The Hall–Kier alpha value is -0.940. The fraction of sp³-hybridized carbons (Fsp3) is 0.857. The summed E-state index contributed by atoms with van der Waals surface area (Å²) in [7, 11) is 0. The molecule has 2 heterocycles. The fourth-order valence-corrected chi connectivity index (χ4v) is 2.76. The first-order chi connectivity index (χ1) is 9.29. The van der Waals surface area contributed by atoms with E-state index in [4.69, 9.17) is 0 Å². The monoisotopic (exact) mass is 265 g/mol. The first-order valence-corrected chi connectivity index (χ1v) is 7.63. The SMILES string of the molecule is CCn1cnnc1CNC(C)CC1CCCCCN1. The number of rotatable bonds is 6. The first-order valence-electron chi connectivity index (χ1n) is 7.63. The van der Waals surface area contributed by atoms with Crippen LogP contribution in [0.1, 0.15) is 51.8 Å². The minimum Gasteiger partial charge on any atom is -0.317 e. The molecular formula is C14H27N5. The van der Waals surface area contributed by atoms with Crippen molar-refractivity contribution >= 4 is 0 Å². The molecule has 0 aliphatic carbocycles. The normalized spacial score (nSPS) is 22.1. The van der Waals surface area contributed by atoms with Crippen molar-refractivity contribution in [3.63, 3.8) is 0 Å². The van der Waals surface area contributed by atoms with Crippen molar-refractivity contribution in [2.75, 3.05) is 6.54 Å². The highest BCUT2D eigenvalue weighted by atomic mass is 15.3. The summed E-state index contributed by atoms with van der Waals surface area (Å²) in [5.41, 5.74) is 0. The molecule has 0 saturated carbocycles. The molecule has 0 radical (unpaired) electrons. The van der Waals surface area contributed by atoms with Gasteiger partial charge in [-0.2, -0.15) is 0 Å². The van der Waals surface area contributed by atoms with E-state index in [0.717, 1.165) is 18.9 Å². The van der Waals surface area contributed by atoms with Crippen molar-refractivity contribution < 1.29 is 0 Å². The van der Waals surface area contributed by atoms with Crippen molar-refractivity contribution in [2.24, 2.45) is 0 Å². The van der Waals surface area contributed by atoms with Gasteiger partial charge in [0.05, 0.1) is 6.54 Å². The van der Waals surface area contributed by atoms with Crippen molar-refractivity contribution in [3.05, 3.63) is 12.2 Å². The minimum atomic E-state index is 0.512. The molecule has 5 heteroatoms. The molecule has 2 rings (SSSR count). The van der Waals surface area contributed by atoms with Crippen LogP contribution in [0.15, 0.2) is 6.33 Å². The van der Waals surface area contributed by atoms with Crippen molar-refractivity contribution in [3.8, 4) is 0 Å². The van der Waals surface area contributed by atoms with Crippen molar-refractivity contribution in [2.45, 2.75) is 71.1 Å². The standard InChI is InChI=1S/C14H27N5/c1-3-19-11-17-18-14(19)10-16-12(2)9-13-7-5-4-6-8-15-13/h11-13,15-16H,3-10H2,1-2H3. The Morgan fingerprint density at radius 2 is 2.37 bits per heavy atom. The van der Waals surface area contributed by atoms with Gasteiger partial charge >= 0.3 is 0 Å². The zero-order chi connectivity index (χ0) is 13.5. The first kappa shape index (κ1) is 14.5. The highest BCUT2D eigenvalue weighted by molar-refractivity contribution is 4.86. The number of nitrogens with one attached hydrogen (secondary N) is 2. The van der Waals surface area contributed by atoms with Gasteiger partial charge in [0.15, 0.2) is 0 Å². The van der Waals surface area contributed by atoms with E-state index in [0.29, 0.717) is 12.1 Å². The van der Waals surface area contributed by atoms with Crippen LogP contribution >= 0.6 is 0 Å². The third-order valence-electron chi connectivity index (χ3n) is 3.95. The number of hydrogen-bond donors (Lipinski definition) is 2. The van der Waals surface area contributed by atoms with Crippen LogP contribution in [0.4, 0.5) is 0 Å². The number of aromatic nitrogens is 3. The Morgan fingerprint density at radius 3 is 3.21 bits per heavy atom. The van der Waals surface area contributed by atoms with Gasteiger partial charge in [0.2, 0.25) is 0 Å². The topological polar surface area (TPSA) is 54.8 Å². The van der Waals surface area contributed by atoms with E-state index in [-0.39, 0.29) is 0 Å². The predicted molar refractivity (Wildman–Crippen MR) is 76.9 cm³/mol. The maximum Gasteiger partial charge on any atom is 0.146 e. The Balaban J connectivity index is 1.73. The lowest BCUT2D eigenvalue weighted by Gasteiger charge is -2.21. The summed E-state index contributed by atoms with van der Waals surface area (Å²) < 4.78 is 2.09. The molecule has 2 N–H and O–H groups in total. The van der Waals surface area contributed by atoms with E-state index in [1.807, 2.05) is 0 Å². The smallest absolute Gasteiger partial charge is 0.146 e. The van der Waals surface area contributed by atoms with E-state index >= 15 is 0 Å². The highest BCUT2D eigenvalue weighted by Gasteiger charge is 2.15. The third kappa shape index (κ3) is 4.58. The largest absolute Gasteiger partial charge is 0.317 e. The van der Waals surface area contributed by atoms with Crippen LogP contribution < -0.4 is 10.6 Å². The summed E-state index contributed by atoms with van der Waals surface area (Å²) in [6, 6.07) is 1.19. The Bertz CT molecular complexity index is 354. The van der Waals surface area contributed by atoms with Gasteiger partial charge in [-0.25, -0.2) is 0 Å². The Kier molecular flexibility index (Phi) is 5.79. The van der Waals surface area contributed by atoms with E-state index in [1.165, 1.54) is 38.6 Å². The van der Waals surface area contributed by atoms with Crippen LogP contribution in [0.25, 0.3) is 0 Å². The second-order valence-electron chi connectivity index (χ2n) is 5.55. The van der Waals surface area contributed by atoms with Crippen LogP contribution in [0.5, 0.6) is 0 Å². The molecule has 0 aromatic carbocycles. The number of aryl methyl sites for hydroxylation is 1. The summed E-state index contributed by atoms with van der Waals surface area (Å²) >= 11 is 0. The molecular weight excluding hydrogens is 238 g/mol. The summed E-state index contributed by atoms with van der Waals surface area (Å²) in [4.78, 5) is 0. The molecule has 1 fully saturated rings. The molecule has 0 bridgehead atoms. The molecule has 19 heavy (non-hydrogen) atoms. The van der Waals surface area contributed by atoms with E-state index in [2.05, 4.69) is 39.2 Å². The molecule has 1 aromatic heterocycles. The lowest BCUT2D eigenvalue weighted by Crippen LogP contribution is -2.36. The average Bonchev–Trinajstić information content (AvgIpc) is 2.72. The van der Waals surface area contributed by atoms with Crippen molar-refractivity contribution in [1.29, 1.82) is 0 Å². The maximum absolute atomic E-state index is 4.16. The van der Waals surface area contributed by atoms with E-state index < -0.39 is 0 Å². The second kappa shape index (κ2) is 7.60. The van der Waals surface area contributed by atoms with Gasteiger partial charge in [0.1, 0.15) is 12.2 Å². The molecule has 1 saturated heterocycles. The zero-order valence-electron chi connectivity index (χ0n) is 12.2. The predicted octanol–water partition coefficient (Wildman–Crippen LogP) is 1.70. The van der Waals surface area contributed by atoms with Crippen LogP contribution in [-0.4, -0.2) is 33.4 Å². The number of nitrogens with zero attached hydrogens (tertiary/aromatic N) is 3. The van der Waals surface area contributed by atoms with Gasteiger partial charge in [0.25, 0.3) is 0 Å². The molecule has 2 atom stereocenters. The summed E-state index contributed by atoms with van der Waals surface area (Å²) in [6.07, 6.45) is 8.39. The van der Waals surface area contributed by atoms with Gasteiger partial charge in [-0.1, -0.05) is 12.8 Å². The van der Waals surface area contributed by atoms with E-state index in [1.54, 1.807) is 6.33 Å². The van der Waals surface area contributed by atoms with Crippen LogP contribution in [0.2, 0.25) is 0 Å². The third-order valence-corrected chi connectivity index (χ3v) is 3.95. The Morgan fingerprint density at radius 1 is 1.47 bits per heavy atom. The summed E-state index contributed by atoms with van der Waals surface area (Å²) in [5, 5.41) is 15.3. The minimum absolute atomic E-state index is 0.512. The zero-order valence-corrected chi connectivity index (χ0v) is 12.2. The maximum atomic E-state index is 4.16. The molecule has 2 unspecified atom stereocenters. The molecule has 1 aliphatic heterocycles. The fourth-order valence-electron chi connectivity index (χ4n) is 2.76. The molecule has 1 aromatic rings. The van der Waals surface area contributed by atoms with Crippen LogP contribution in [0.3, 0.4) is 0 Å². The quantitative estimate of drug-likeness (QED) is 0.822. The molecule has 1 aliphatic rings. The average molecular weight is 265 g/mol. The lowest BCUT2D eigenvalue weighted by atomic mass is 10.0. The highest BCUT2D eigenvalue weighted by Crippen LogP contribution is 2.12. The second-order valence-corrected chi connectivity index (χ2v) is 5.55. The van der Waals surface area contributed by atoms with Crippen LogP contribution in [0, 0.1) is 0 Å². The van der Waals surface area contributed by atoms with Gasteiger partial charge < -0.3 is 15.2 Å². The lowest BCUT2D eigenvalue weighted by molar-refractivity contribution is 0.397.